The van der Waals surface area contributed by atoms with Crippen LogP contribution in [-0.4, -0.2) is 28.8 Å². The molecule has 4 rings (SSSR count). The second-order valence-electron chi connectivity index (χ2n) is 7.03. The van der Waals surface area contributed by atoms with Gasteiger partial charge in [-0.1, -0.05) is 30.3 Å². The molecule has 1 atom stereocenters. The normalized spacial score (nSPS) is 11.7. The van der Waals surface area contributed by atoms with Crippen molar-refractivity contribution in [3.8, 4) is 17.0 Å². The predicted molar refractivity (Wildman–Crippen MR) is 124 cm³/mol. The summed E-state index contributed by atoms with van der Waals surface area (Å²) in [5.74, 6) is 0.268. The summed E-state index contributed by atoms with van der Waals surface area (Å²) >= 11 is -2.52. The van der Waals surface area contributed by atoms with Crippen molar-refractivity contribution in [2.24, 2.45) is 0 Å². The molecule has 9 nitrogen and oxygen atoms in total. The highest BCUT2D eigenvalue weighted by Gasteiger charge is 2.23. The third kappa shape index (κ3) is 5.03. The van der Waals surface area contributed by atoms with Crippen LogP contribution >= 0.6 is 0 Å². The number of benzene rings is 3. The van der Waals surface area contributed by atoms with Crippen molar-refractivity contribution in [2.45, 2.75) is 6.42 Å². The Morgan fingerprint density at radius 1 is 0.970 bits per heavy atom. The van der Waals surface area contributed by atoms with Crippen molar-refractivity contribution < 1.29 is 18.8 Å². The van der Waals surface area contributed by atoms with Crippen LogP contribution in [0.15, 0.2) is 85.1 Å². The first-order valence-electron chi connectivity index (χ1n) is 9.77. The molecule has 2 N–H and O–H groups in total. The van der Waals surface area contributed by atoms with Crippen molar-refractivity contribution >= 4 is 28.5 Å². The minimum atomic E-state index is -2.52. The summed E-state index contributed by atoms with van der Waals surface area (Å²) in [5, 5.41) is 20.5. The van der Waals surface area contributed by atoms with Gasteiger partial charge < -0.3 is 5.11 Å². The number of rotatable bonds is 7. The predicted octanol–water partition coefficient (Wildman–Crippen LogP) is 4.62. The number of anilines is 2. The number of phenols is 1. The maximum absolute atomic E-state index is 12.3. The molecular weight excluding hydrogens is 444 g/mol. The van der Waals surface area contributed by atoms with Crippen LogP contribution in [0.1, 0.15) is 11.3 Å². The molecule has 1 aromatic heterocycles. The second-order valence-corrected chi connectivity index (χ2v) is 7.86. The van der Waals surface area contributed by atoms with E-state index in [1.165, 1.54) is 42.6 Å². The summed E-state index contributed by atoms with van der Waals surface area (Å²) in [6, 6.07) is 21.2. The van der Waals surface area contributed by atoms with Gasteiger partial charge in [0, 0.05) is 24.1 Å². The molecule has 1 unspecified atom stereocenters. The highest BCUT2D eigenvalue weighted by atomic mass is 32.2. The van der Waals surface area contributed by atoms with Gasteiger partial charge in [0.1, 0.15) is 5.75 Å². The largest absolute Gasteiger partial charge is 0.508 e. The molecule has 0 bridgehead atoms. The molecular formula is C23H18N4O5S. The average Bonchev–Trinajstić information content (AvgIpc) is 2.81. The van der Waals surface area contributed by atoms with Crippen LogP contribution in [-0.2, 0) is 17.7 Å². The molecule has 3 aromatic carbocycles. The Labute approximate surface area is 191 Å². The molecule has 166 valence electrons. The summed E-state index contributed by atoms with van der Waals surface area (Å²) in [6.45, 7) is 0. The fourth-order valence-electron chi connectivity index (χ4n) is 3.27. The number of hydrogen-bond donors (Lipinski definition) is 2. The van der Waals surface area contributed by atoms with Gasteiger partial charge in [0.15, 0.2) is 5.82 Å². The average molecular weight is 462 g/mol. The molecule has 0 saturated heterocycles. The lowest BCUT2D eigenvalue weighted by atomic mass is 10.1. The fraction of sp³-hybridized carbons (Fsp3) is 0.0435. The number of nitro groups is 1. The van der Waals surface area contributed by atoms with Crippen LogP contribution in [0.4, 0.5) is 17.2 Å². The van der Waals surface area contributed by atoms with E-state index in [2.05, 4.69) is 4.98 Å². The zero-order valence-electron chi connectivity index (χ0n) is 17.1. The Bertz CT molecular complexity index is 1300. The number of phenolic OH excluding ortho intramolecular Hbond substituents is 1. The van der Waals surface area contributed by atoms with E-state index in [1.54, 1.807) is 12.1 Å². The quantitative estimate of drug-likeness (QED) is 0.233. The maximum atomic E-state index is 12.3. The highest BCUT2D eigenvalue weighted by molar-refractivity contribution is 7.81. The van der Waals surface area contributed by atoms with Crippen molar-refractivity contribution in [3.05, 3.63) is 106 Å². The molecule has 4 aromatic rings. The Hall–Kier alpha value is -4.15. The van der Waals surface area contributed by atoms with Crippen LogP contribution in [0.25, 0.3) is 11.3 Å². The molecule has 0 saturated carbocycles. The van der Waals surface area contributed by atoms with Crippen LogP contribution in [0.3, 0.4) is 0 Å². The van der Waals surface area contributed by atoms with Crippen molar-refractivity contribution in [1.29, 1.82) is 0 Å². The fourth-order valence-corrected chi connectivity index (χ4v) is 3.87. The first-order chi connectivity index (χ1) is 15.9. The lowest BCUT2D eigenvalue weighted by molar-refractivity contribution is -0.384. The monoisotopic (exact) mass is 462 g/mol. The van der Waals surface area contributed by atoms with Gasteiger partial charge in [-0.15, -0.1) is 0 Å². The van der Waals surface area contributed by atoms with Crippen molar-refractivity contribution in [3.63, 3.8) is 0 Å². The standard InChI is InChI=1S/C23H18N4O5S/c28-20-12-6-17(7-13-20)22-15-24-23(21(25-22)14-16-4-2-1-3-5-16)26(33(31)32)18-8-10-19(11-9-18)27(29)30/h1-13,15,28H,14H2,(H,31,32). The molecule has 0 aliphatic carbocycles. The number of aromatic hydroxyl groups is 1. The van der Waals surface area contributed by atoms with Gasteiger partial charge in [0.05, 0.1) is 28.2 Å². The first kappa shape index (κ1) is 22.1. The number of nitrogens with zero attached hydrogens (tertiary/aromatic N) is 4. The number of nitro benzene ring substituents is 1. The molecule has 0 spiro atoms. The summed E-state index contributed by atoms with van der Waals surface area (Å²) in [6.07, 6.45) is 1.80. The van der Waals surface area contributed by atoms with Gasteiger partial charge in [-0.05, 0) is 42.0 Å². The SMILES string of the molecule is O=[N+]([O-])c1ccc(N(c2ncc(-c3ccc(O)cc3)nc2Cc2ccccc2)S(=O)O)cc1. The van der Waals surface area contributed by atoms with E-state index in [4.69, 9.17) is 4.98 Å². The van der Waals surface area contributed by atoms with E-state index in [1.807, 2.05) is 30.3 Å². The van der Waals surface area contributed by atoms with E-state index in [-0.39, 0.29) is 22.9 Å². The van der Waals surface area contributed by atoms with Crippen molar-refractivity contribution in [1.82, 2.24) is 9.97 Å². The van der Waals surface area contributed by atoms with Crippen LogP contribution in [0.2, 0.25) is 0 Å². The lowest BCUT2D eigenvalue weighted by Gasteiger charge is -2.21. The van der Waals surface area contributed by atoms with Crippen LogP contribution < -0.4 is 4.31 Å². The molecule has 33 heavy (non-hydrogen) atoms. The Morgan fingerprint density at radius 2 is 1.64 bits per heavy atom. The number of aromatic nitrogens is 2. The number of non-ortho nitro benzene ring substituents is 1. The molecule has 0 aliphatic heterocycles. The van der Waals surface area contributed by atoms with E-state index < -0.39 is 16.2 Å². The minimum absolute atomic E-state index is 0.118. The molecule has 0 amide bonds. The molecule has 0 aliphatic rings. The first-order valence-corrected chi connectivity index (χ1v) is 10.8. The van der Waals surface area contributed by atoms with Gasteiger partial charge in [-0.3, -0.25) is 14.7 Å². The van der Waals surface area contributed by atoms with E-state index in [9.17, 15) is 24.0 Å². The summed E-state index contributed by atoms with van der Waals surface area (Å²) in [4.78, 5) is 19.6. The van der Waals surface area contributed by atoms with Crippen LogP contribution in [0.5, 0.6) is 5.75 Å². The Kier molecular flexibility index (Phi) is 6.38. The third-order valence-electron chi connectivity index (χ3n) is 4.84. The molecule has 10 heteroatoms. The number of hydrogen-bond acceptors (Lipinski definition) is 6. The van der Waals surface area contributed by atoms with Crippen molar-refractivity contribution in [2.75, 3.05) is 4.31 Å². The topological polar surface area (TPSA) is 130 Å². The second kappa shape index (κ2) is 9.55. The van der Waals surface area contributed by atoms with Gasteiger partial charge >= 0.3 is 0 Å². The minimum Gasteiger partial charge on any atom is -0.508 e. The van der Waals surface area contributed by atoms with E-state index in [0.717, 1.165) is 9.87 Å². The molecule has 0 fully saturated rings. The summed E-state index contributed by atoms with van der Waals surface area (Å²) < 4.78 is 23.5. The zero-order chi connectivity index (χ0) is 23.4. The van der Waals surface area contributed by atoms with Gasteiger partial charge in [-0.2, -0.15) is 0 Å². The van der Waals surface area contributed by atoms with Gasteiger partial charge in [-0.25, -0.2) is 18.5 Å². The third-order valence-corrected chi connectivity index (χ3v) is 5.54. The highest BCUT2D eigenvalue weighted by Crippen LogP contribution is 2.31. The zero-order valence-corrected chi connectivity index (χ0v) is 17.9. The van der Waals surface area contributed by atoms with E-state index >= 15 is 0 Å². The summed E-state index contributed by atoms with van der Waals surface area (Å²) in [5.41, 5.74) is 2.71. The molecule has 1 heterocycles. The maximum Gasteiger partial charge on any atom is 0.269 e. The van der Waals surface area contributed by atoms with E-state index in [0.29, 0.717) is 23.4 Å². The lowest BCUT2D eigenvalue weighted by Crippen LogP contribution is -2.22. The smallest absolute Gasteiger partial charge is 0.269 e. The summed E-state index contributed by atoms with van der Waals surface area (Å²) in [7, 11) is 0. The molecule has 0 radical (unpaired) electrons. The Balaban J connectivity index is 1.82. The van der Waals surface area contributed by atoms with Gasteiger partial charge in [0.25, 0.3) is 17.0 Å². The Morgan fingerprint density at radius 3 is 2.24 bits per heavy atom. The van der Waals surface area contributed by atoms with Gasteiger partial charge in [0.2, 0.25) is 0 Å². The van der Waals surface area contributed by atoms with Crippen LogP contribution in [0, 0.1) is 10.1 Å².